The van der Waals surface area contributed by atoms with E-state index in [1.54, 1.807) is 14.2 Å². The summed E-state index contributed by atoms with van der Waals surface area (Å²) in [6.45, 7) is 11.7. The second-order valence-electron chi connectivity index (χ2n) is 8.76. The highest BCUT2D eigenvalue weighted by Crippen LogP contribution is 2.30. The van der Waals surface area contributed by atoms with E-state index in [1.165, 1.54) is 25.9 Å². The normalized spacial score (nSPS) is 18.8. The number of likely N-dealkylation sites (tertiary alicyclic amines) is 1. The number of methoxy groups -OCH3 is 2. The van der Waals surface area contributed by atoms with E-state index in [0.29, 0.717) is 6.04 Å². The van der Waals surface area contributed by atoms with Gasteiger partial charge in [-0.3, -0.25) is 4.99 Å². The quantitative estimate of drug-likeness (QED) is 0.289. The number of hydrogen-bond donors (Lipinski definition) is 2. The van der Waals surface area contributed by atoms with Crippen molar-refractivity contribution < 1.29 is 9.47 Å². The van der Waals surface area contributed by atoms with Gasteiger partial charge in [-0.05, 0) is 51.6 Å². The number of anilines is 1. The summed E-state index contributed by atoms with van der Waals surface area (Å²) in [5.74, 6) is 3.50. The minimum Gasteiger partial charge on any atom is -0.497 e. The number of hydrogen-bond acceptors (Lipinski definition) is 5. The molecule has 0 saturated carbocycles. The zero-order chi connectivity index (χ0) is 22.1. The Balaban J connectivity index is 0.00000363. The number of ether oxygens (including phenoxy) is 2. The van der Waals surface area contributed by atoms with Gasteiger partial charge in [0.1, 0.15) is 11.5 Å². The van der Waals surface area contributed by atoms with E-state index in [1.807, 2.05) is 6.07 Å². The molecule has 2 saturated heterocycles. The number of rotatable bonds is 8. The Morgan fingerprint density at radius 1 is 1.00 bits per heavy atom. The lowest BCUT2D eigenvalue weighted by Crippen LogP contribution is -2.49. The van der Waals surface area contributed by atoms with Crippen LogP contribution in [-0.4, -0.2) is 76.9 Å². The molecule has 1 aromatic carbocycles. The van der Waals surface area contributed by atoms with E-state index in [4.69, 9.17) is 14.5 Å². The van der Waals surface area contributed by atoms with E-state index in [-0.39, 0.29) is 24.0 Å². The van der Waals surface area contributed by atoms with Gasteiger partial charge in [-0.15, -0.1) is 24.0 Å². The van der Waals surface area contributed by atoms with Crippen LogP contribution in [0, 0.1) is 5.92 Å². The molecule has 0 aromatic heterocycles. The van der Waals surface area contributed by atoms with Crippen molar-refractivity contribution in [3.63, 3.8) is 0 Å². The fraction of sp³-hybridized carbons (Fsp3) is 0.708. The SMILES string of the molecule is CCNC(=NCCN1CCC(C)CC1)NC1CCN(c2cc(OC)cc(OC)c2)CC1.I. The molecule has 0 spiro atoms. The minimum absolute atomic E-state index is 0. The monoisotopic (exact) mass is 559 g/mol. The zero-order valence-corrected chi connectivity index (χ0v) is 22.6. The average molecular weight is 560 g/mol. The van der Waals surface area contributed by atoms with Gasteiger partial charge in [-0.25, -0.2) is 0 Å². The molecule has 7 nitrogen and oxygen atoms in total. The molecule has 2 aliphatic heterocycles. The van der Waals surface area contributed by atoms with Crippen molar-refractivity contribution in [2.75, 3.05) is 64.9 Å². The number of halogens is 1. The van der Waals surface area contributed by atoms with Gasteiger partial charge in [0.05, 0.1) is 20.8 Å². The van der Waals surface area contributed by atoms with E-state index >= 15 is 0 Å². The van der Waals surface area contributed by atoms with Crippen LogP contribution in [-0.2, 0) is 0 Å². The summed E-state index contributed by atoms with van der Waals surface area (Å²) in [4.78, 5) is 9.81. The first-order valence-corrected chi connectivity index (χ1v) is 11.9. The summed E-state index contributed by atoms with van der Waals surface area (Å²) >= 11 is 0. The molecule has 1 aromatic rings. The highest BCUT2D eigenvalue weighted by Gasteiger charge is 2.21. The van der Waals surface area contributed by atoms with Gasteiger partial charge < -0.3 is 29.9 Å². The first-order valence-electron chi connectivity index (χ1n) is 11.9. The van der Waals surface area contributed by atoms with Gasteiger partial charge in [-0.2, -0.15) is 0 Å². The Morgan fingerprint density at radius 3 is 2.19 bits per heavy atom. The molecule has 0 bridgehead atoms. The topological polar surface area (TPSA) is 61.4 Å². The van der Waals surface area contributed by atoms with E-state index in [0.717, 1.165) is 74.6 Å². The van der Waals surface area contributed by atoms with Crippen molar-refractivity contribution >= 4 is 35.6 Å². The van der Waals surface area contributed by atoms with Gasteiger partial charge in [0.15, 0.2) is 5.96 Å². The van der Waals surface area contributed by atoms with Gasteiger partial charge in [0.25, 0.3) is 0 Å². The summed E-state index contributed by atoms with van der Waals surface area (Å²) in [6.07, 6.45) is 4.79. The highest BCUT2D eigenvalue weighted by molar-refractivity contribution is 14.0. The molecular weight excluding hydrogens is 517 g/mol. The molecule has 2 fully saturated rings. The largest absolute Gasteiger partial charge is 0.497 e. The number of nitrogens with one attached hydrogen (secondary N) is 2. The molecule has 0 aliphatic carbocycles. The van der Waals surface area contributed by atoms with E-state index in [9.17, 15) is 0 Å². The summed E-state index contributed by atoms with van der Waals surface area (Å²) in [6, 6.07) is 6.53. The van der Waals surface area contributed by atoms with Crippen molar-refractivity contribution in [1.29, 1.82) is 0 Å². The van der Waals surface area contributed by atoms with Crippen molar-refractivity contribution in [3.05, 3.63) is 18.2 Å². The summed E-state index contributed by atoms with van der Waals surface area (Å²) in [7, 11) is 3.39. The van der Waals surface area contributed by atoms with E-state index < -0.39 is 0 Å². The third kappa shape index (κ3) is 8.17. The Hall–Kier alpha value is -1.42. The van der Waals surface area contributed by atoms with Gasteiger partial charge in [-0.1, -0.05) is 6.92 Å². The van der Waals surface area contributed by atoms with Crippen molar-refractivity contribution in [2.24, 2.45) is 10.9 Å². The van der Waals surface area contributed by atoms with E-state index in [2.05, 4.69) is 46.4 Å². The molecule has 0 radical (unpaired) electrons. The maximum Gasteiger partial charge on any atom is 0.191 e. The molecule has 8 heteroatoms. The summed E-state index contributed by atoms with van der Waals surface area (Å²) in [5, 5.41) is 7.08. The van der Waals surface area contributed by atoms with Crippen LogP contribution >= 0.6 is 24.0 Å². The molecule has 3 rings (SSSR count). The van der Waals surface area contributed by atoms with Crippen molar-refractivity contribution in [1.82, 2.24) is 15.5 Å². The molecule has 2 heterocycles. The maximum absolute atomic E-state index is 5.43. The second kappa shape index (κ2) is 14.0. The summed E-state index contributed by atoms with van der Waals surface area (Å²) < 4.78 is 10.9. The number of nitrogens with zero attached hydrogens (tertiary/aromatic N) is 3. The lowest BCUT2D eigenvalue weighted by molar-refractivity contribution is 0.197. The Labute approximate surface area is 211 Å². The van der Waals surface area contributed by atoms with Gasteiger partial charge in [0, 0.05) is 56.1 Å². The first kappa shape index (κ1) is 26.8. The fourth-order valence-corrected chi connectivity index (χ4v) is 4.36. The van der Waals surface area contributed by atoms with Gasteiger partial charge in [0.2, 0.25) is 0 Å². The second-order valence-corrected chi connectivity index (χ2v) is 8.76. The van der Waals surface area contributed by atoms with Crippen molar-refractivity contribution in [3.8, 4) is 11.5 Å². The Bertz CT molecular complexity index is 679. The lowest BCUT2D eigenvalue weighted by atomic mass is 9.99. The van der Waals surface area contributed by atoms with Crippen LogP contribution in [0.1, 0.15) is 39.5 Å². The standard InChI is InChI=1S/C24H41N5O2.HI/c1-5-25-24(26-10-15-28-11-6-19(2)7-12-28)27-20-8-13-29(14-9-20)21-16-22(30-3)18-23(17-21)31-4;/h16-20H,5-15H2,1-4H3,(H2,25,26,27);1H. The number of piperidine rings is 2. The number of guanidine groups is 1. The fourth-order valence-electron chi connectivity index (χ4n) is 4.36. The maximum atomic E-state index is 5.43. The third-order valence-electron chi connectivity index (χ3n) is 6.44. The highest BCUT2D eigenvalue weighted by atomic mass is 127. The molecule has 2 N–H and O–H groups in total. The molecule has 182 valence electrons. The molecule has 0 unspecified atom stereocenters. The predicted octanol–water partition coefficient (Wildman–Crippen LogP) is 3.58. The van der Waals surface area contributed by atoms with Crippen LogP contribution < -0.4 is 25.0 Å². The molecular formula is C24H42IN5O2. The molecule has 0 atom stereocenters. The van der Waals surface area contributed by atoms with Gasteiger partial charge >= 0.3 is 0 Å². The molecule has 2 aliphatic rings. The smallest absolute Gasteiger partial charge is 0.191 e. The third-order valence-corrected chi connectivity index (χ3v) is 6.44. The molecule has 32 heavy (non-hydrogen) atoms. The van der Waals surface area contributed by atoms with Crippen LogP contribution in [0.2, 0.25) is 0 Å². The van der Waals surface area contributed by atoms with Crippen LogP contribution in [0.4, 0.5) is 5.69 Å². The van der Waals surface area contributed by atoms with Crippen LogP contribution in [0.25, 0.3) is 0 Å². The number of benzene rings is 1. The first-order chi connectivity index (χ1) is 15.1. The summed E-state index contributed by atoms with van der Waals surface area (Å²) in [5.41, 5.74) is 1.16. The minimum atomic E-state index is 0. The van der Waals surface area contributed by atoms with Crippen molar-refractivity contribution in [2.45, 2.75) is 45.6 Å². The van der Waals surface area contributed by atoms with Crippen LogP contribution in [0.5, 0.6) is 11.5 Å². The Kier molecular flexibility index (Phi) is 11.7. The zero-order valence-electron chi connectivity index (χ0n) is 20.2. The number of aliphatic imine (C=N–C) groups is 1. The predicted molar refractivity (Wildman–Crippen MR) is 144 cm³/mol. The lowest BCUT2D eigenvalue weighted by Gasteiger charge is -2.35. The van der Waals surface area contributed by atoms with Crippen LogP contribution in [0.15, 0.2) is 23.2 Å². The Morgan fingerprint density at radius 2 is 1.62 bits per heavy atom. The molecule has 0 amide bonds. The average Bonchev–Trinajstić information content (AvgIpc) is 2.80. The van der Waals surface area contributed by atoms with Crippen LogP contribution in [0.3, 0.4) is 0 Å².